The Bertz CT molecular complexity index is 439. The molecule has 2 aliphatic rings. The van der Waals surface area contributed by atoms with Crippen molar-refractivity contribution in [3.63, 3.8) is 0 Å². The lowest BCUT2D eigenvalue weighted by atomic mass is 9.92. The molecule has 1 saturated carbocycles. The Kier molecular flexibility index (Phi) is 3.39. The molecule has 4 heteroatoms. The zero-order valence-corrected chi connectivity index (χ0v) is 11.3. The Morgan fingerprint density at radius 3 is 3.00 bits per heavy atom. The first-order valence-corrected chi connectivity index (χ1v) is 7.67. The molecule has 1 atom stereocenters. The average Bonchev–Trinajstić information content (AvgIpc) is 3.06. The van der Waals surface area contributed by atoms with Gasteiger partial charge in [-0.2, -0.15) is 0 Å². The van der Waals surface area contributed by atoms with Crippen LogP contribution in [0.1, 0.15) is 48.6 Å². The summed E-state index contributed by atoms with van der Waals surface area (Å²) in [5.74, 6) is -0.679. The summed E-state index contributed by atoms with van der Waals surface area (Å²) in [4.78, 5) is 14.8. The van der Waals surface area contributed by atoms with E-state index in [9.17, 15) is 4.79 Å². The van der Waals surface area contributed by atoms with Gasteiger partial charge in [-0.25, -0.2) is 0 Å². The fourth-order valence-electron chi connectivity index (χ4n) is 3.03. The maximum atomic E-state index is 10.8. The fourth-order valence-corrected chi connectivity index (χ4v) is 4.01. The van der Waals surface area contributed by atoms with Crippen molar-refractivity contribution in [1.29, 1.82) is 0 Å². The lowest BCUT2D eigenvalue weighted by molar-refractivity contribution is -0.137. The summed E-state index contributed by atoms with van der Waals surface area (Å²) < 4.78 is 0. The van der Waals surface area contributed by atoms with Crippen molar-refractivity contribution in [2.45, 2.75) is 50.6 Å². The van der Waals surface area contributed by atoms with Crippen LogP contribution in [0.2, 0.25) is 0 Å². The van der Waals surface area contributed by atoms with Gasteiger partial charge >= 0.3 is 5.97 Å². The molecule has 0 amide bonds. The van der Waals surface area contributed by atoms with Gasteiger partial charge in [-0.15, -0.1) is 11.3 Å². The predicted molar refractivity (Wildman–Crippen MR) is 72.0 cm³/mol. The average molecular weight is 265 g/mol. The van der Waals surface area contributed by atoms with Gasteiger partial charge in [0.1, 0.15) is 0 Å². The number of thiophene rings is 1. The molecule has 0 aromatic carbocycles. The lowest BCUT2D eigenvalue weighted by Gasteiger charge is -2.34. The second-order valence-electron chi connectivity index (χ2n) is 5.32. The summed E-state index contributed by atoms with van der Waals surface area (Å²) in [6.07, 6.45) is 6.41. The normalized spacial score (nSPS) is 23.1. The van der Waals surface area contributed by atoms with Crippen LogP contribution in [0, 0.1) is 0 Å². The van der Waals surface area contributed by atoms with Gasteiger partial charge in [0.15, 0.2) is 0 Å². The highest BCUT2D eigenvalue weighted by Crippen LogP contribution is 2.42. The van der Waals surface area contributed by atoms with Crippen molar-refractivity contribution in [2.75, 3.05) is 6.54 Å². The summed E-state index contributed by atoms with van der Waals surface area (Å²) in [5.41, 5.74) is 1.48. The monoisotopic (exact) mass is 265 g/mol. The van der Waals surface area contributed by atoms with Gasteiger partial charge in [0.2, 0.25) is 0 Å². The molecule has 1 aromatic rings. The Hall–Kier alpha value is -0.870. The van der Waals surface area contributed by atoms with Gasteiger partial charge in [-0.05, 0) is 49.1 Å². The Balaban J connectivity index is 1.77. The van der Waals surface area contributed by atoms with Gasteiger partial charge < -0.3 is 5.11 Å². The third-order valence-corrected chi connectivity index (χ3v) is 5.02. The van der Waals surface area contributed by atoms with E-state index in [0.717, 1.165) is 0 Å². The number of nitrogens with zero attached hydrogens (tertiary/aromatic N) is 1. The smallest absolute Gasteiger partial charge is 0.304 e. The summed E-state index contributed by atoms with van der Waals surface area (Å²) >= 11 is 1.86. The molecule has 98 valence electrons. The molecule has 0 saturated heterocycles. The van der Waals surface area contributed by atoms with E-state index in [0.29, 0.717) is 18.6 Å². The molecule has 1 heterocycles. The van der Waals surface area contributed by atoms with Crippen molar-refractivity contribution in [3.05, 3.63) is 21.9 Å². The van der Waals surface area contributed by atoms with Crippen LogP contribution in [0.4, 0.5) is 0 Å². The molecular formula is C14H19NO2S. The first-order chi connectivity index (χ1) is 8.75. The number of hydrogen-bond acceptors (Lipinski definition) is 3. The number of aliphatic carboxylic acids is 1. The molecule has 1 fully saturated rings. The largest absolute Gasteiger partial charge is 0.481 e. The van der Waals surface area contributed by atoms with E-state index < -0.39 is 5.97 Å². The van der Waals surface area contributed by atoms with Crippen LogP contribution in [-0.4, -0.2) is 28.6 Å². The summed E-state index contributed by atoms with van der Waals surface area (Å²) in [6.45, 7) is 0.708. The van der Waals surface area contributed by atoms with E-state index >= 15 is 0 Å². The summed E-state index contributed by atoms with van der Waals surface area (Å²) in [6, 6.07) is 3.37. The highest BCUT2D eigenvalue weighted by atomic mass is 32.1. The van der Waals surface area contributed by atoms with E-state index in [-0.39, 0.29) is 6.42 Å². The number of carbonyl (C=O) groups is 1. The van der Waals surface area contributed by atoms with Crippen LogP contribution in [0.15, 0.2) is 11.4 Å². The molecule has 1 aromatic heterocycles. The van der Waals surface area contributed by atoms with Crippen molar-refractivity contribution < 1.29 is 9.90 Å². The maximum Gasteiger partial charge on any atom is 0.304 e. The van der Waals surface area contributed by atoms with Gasteiger partial charge in [-0.1, -0.05) is 0 Å². The SMILES string of the molecule is O=C(O)CCN(C1CC1)C1CCCc2sccc21. The minimum absolute atomic E-state index is 0.270. The molecule has 3 nitrogen and oxygen atoms in total. The second kappa shape index (κ2) is 5.02. The van der Waals surface area contributed by atoms with Crippen LogP contribution in [0.25, 0.3) is 0 Å². The molecule has 0 aliphatic heterocycles. The van der Waals surface area contributed by atoms with E-state index in [2.05, 4.69) is 16.3 Å². The Morgan fingerprint density at radius 2 is 2.28 bits per heavy atom. The number of aryl methyl sites for hydroxylation is 1. The molecule has 1 N–H and O–H groups in total. The summed E-state index contributed by atoms with van der Waals surface area (Å²) in [5, 5.41) is 11.1. The lowest BCUT2D eigenvalue weighted by Crippen LogP contribution is -2.34. The van der Waals surface area contributed by atoms with Gasteiger partial charge in [0.05, 0.1) is 6.42 Å². The molecule has 18 heavy (non-hydrogen) atoms. The highest BCUT2D eigenvalue weighted by Gasteiger charge is 2.36. The van der Waals surface area contributed by atoms with Crippen molar-refractivity contribution in [3.8, 4) is 0 Å². The van der Waals surface area contributed by atoms with Crippen LogP contribution in [-0.2, 0) is 11.2 Å². The molecule has 0 spiro atoms. The maximum absolute atomic E-state index is 10.8. The van der Waals surface area contributed by atoms with E-state index in [1.165, 1.54) is 42.5 Å². The van der Waals surface area contributed by atoms with Crippen molar-refractivity contribution in [2.24, 2.45) is 0 Å². The summed E-state index contributed by atoms with van der Waals surface area (Å²) in [7, 11) is 0. The van der Waals surface area contributed by atoms with E-state index in [1.54, 1.807) is 0 Å². The minimum Gasteiger partial charge on any atom is -0.481 e. The first-order valence-electron chi connectivity index (χ1n) is 6.79. The number of carboxylic acids is 1. The number of fused-ring (bicyclic) bond motifs is 1. The van der Waals surface area contributed by atoms with Gasteiger partial charge in [0, 0.05) is 23.5 Å². The molecular weight excluding hydrogens is 246 g/mol. The fraction of sp³-hybridized carbons (Fsp3) is 0.643. The number of rotatable bonds is 5. The zero-order chi connectivity index (χ0) is 12.5. The molecule has 3 rings (SSSR count). The molecule has 2 aliphatic carbocycles. The molecule has 1 unspecified atom stereocenters. The quantitative estimate of drug-likeness (QED) is 0.889. The third-order valence-electron chi connectivity index (χ3n) is 4.02. The van der Waals surface area contributed by atoms with Gasteiger partial charge in [0.25, 0.3) is 0 Å². The van der Waals surface area contributed by atoms with Crippen LogP contribution < -0.4 is 0 Å². The Morgan fingerprint density at radius 1 is 1.44 bits per heavy atom. The number of carboxylic acid groups (broad SMARTS) is 1. The van der Waals surface area contributed by atoms with E-state index in [4.69, 9.17) is 5.11 Å². The predicted octanol–water partition coefficient (Wildman–Crippen LogP) is 3.06. The molecule has 0 radical (unpaired) electrons. The zero-order valence-electron chi connectivity index (χ0n) is 10.5. The molecule has 0 bridgehead atoms. The van der Waals surface area contributed by atoms with Gasteiger partial charge in [-0.3, -0.25) is 9.69 Å². The number of hydrogen-bond donors (Lipinski definition) is 1. The Labute approximate surface area is 111 Å². The van der Waals surface area contributed by atoms with Crippen molar-refractivity contribution >= 4 is 17.3 Å². The van der Waals surface area contributed by atoms with Crippen LogP contribution in [0.5, 0.6) is 0 Å². The van der Waals surface area contributed by atoms with E-state index in [1.807, 2.05) is 11.3 Å². The second-order valence-corrected chi connectivity index (χ2v) is 6.32. The first kappa shape index (κ1) is 12.2. The standard InChI is InChI=1S/C14H19NO2S/c16-14(17)6-8-15(10-4-5-10)12-2-1-3-13-11(12)7-9-18-13/h7,9-10,12H,1-6,8H2,(H,16,17). The third kappa shape index (κ3) is 2.45. The highest BCUT2D eigenvalue weighted by molar-refractivity contribution is 7.10. The van der Waals surface area contributed by atoms with Crippen LogP contribution >= 0.6 is 11.3 Å². The van der Waals surface area contributed by atoms with Crippen LogP contribution in [0.3, 0.4) is 0 Å². The van der Waals surface area contributed by atoms with Crippen molar-refractivity contribution in [1.82, 2.24) is 4.90 Å². The topological polar surface area (TPSA) is 40.5 Å². The minimum atomic E-state index is -0.679.